The third-order valence-electron chi connectivity index (χ3n) is 2.85. The highest BCUT2D eigenvalue weighted by Gasteiger charge is 2.61. The highest BCUT2D eigenvalue weighted by Crippen LogP contribution is 2.65. The molecule has 13 heteroatoms. The average molecular weight is 327 g/mol. The molecule has 2 unspecified atom stereocenters. The van der Waals surface area contributed by atoms with Crippen LogP contribution in [0.2, 0.25) is 0 Å². The molecule has 0 aromatic carbocycles. The van der Waals surface area contributed by atoms with E-state index in [9.17, 15) is 13.7 Å². The van der Waals surface area contributed by atoms with E-state index in [-0.39, 0.29) is 0 Å². The molecule has 0 heterocycles. The van der Waals surface area contributed by atoms with Gasteiger partial charge in [0.15, 0.2) is 0 Å². The summed E-state index contributed by atoms with van der Waals surface area (Å²) in [7, 11) is -15.5. The van der Waals surface area contributed by atoms with Crippen LogP contribution >= 0.6 is 22.8 Å². The summed E-state index contributed by atoms with van der Waals surface area (Å²) in [6, 6.07) is 0. The van der Waals surface area contributed by atoms with Crippen LogP contribution in [0.5, 0.6) is 0 Å². The first-order valence-electron chi connectivity index (χ1n) is 4.51. The predicted molar refractivity (Wildman–Crippen MR) is 62.0 cm³/mol. The molecule has 0 saturated heterocycles. The molecule has 0 aromatic heterocycles. The van der Waals surface area contributed by atoms with Crippen LogP contribution in [0.25, 0.3) is 0 Å². The summed E-state index contributed by atoms with van der Waals surface area (Å²) in [5.41, 5.74) is 1.02. The first kappa shape index (κ1) is 18.4. The molecule has 0 saturated carbocycles. The lowest BCUT2D eigenvalue weighted by Crippen LogP contribution is -2.56. The van der Waals surface area contributed by atoms with Gasteiger partial charge in [-0.15, -0.1) is 0 Å². The van der Waals surface area contributed by atoms with Crippen LogP contribution in [0.1, 0.15) is 13.8 Å². The Hall–Kier alpha value is 0.410. The van der Waals surface area contributed by atoms with Gasteiger partial charge >= 0.3 is 22.8 Å². The van der Waals surface area contributed by atoms with Crippen molar-refractivity contribution in [3.05, 3.63) is 0 Å². The fourth-order valence-corrected chi connectivity index (χ4v) is 5.80. The smallest absolute Gasteiger partial charge is 0.324 e. The monoisotopic (exact) mass is 327 g/mol. The first-order chi connectivity index (χ1) is 7.56. The van der Waals surface area contributed by atoms with Crippen molar-refractivity contribution in [2.75, 3.05) is 0 Å². The Morgan fingerprint density at radius 1 is 0.833 bits per heavy atom. The Balaban J connectivity index is 6.02. The van der Waals surface area contributed by atoms with Gasteiger partial charge in [0.25, 0.3) is 0 Å². The summed E-state index contributed by atoms with van der Waals surface area (Å²) >= 11 is 0. The second-order valence-corrected chi connectivity index (χ2v) is 9.73. The lowest BCUT2D eigenvalue weighted by Gasteiger charge is -2.40. The van der Waals surface area contributed by atoms with E-state index in [1.54, 1.807) is 0 Å². The first-order valence-corrected chi connectivity index (χ1v) is 9.48. The maximum absolute atomic E-state index is 11.3. The maximum atomic E-state index is 11.3. The molecule has 8 N–H and O–H groups in total. The lowest BCUT2D eigenvalue weighted by atomic mass is 10.1. The molecule has 18 heavy (non-hydrogen) atoms. The fraction of sp³-hybridized carbons (Fsp3) is 1.00. The zero-order valence-electron chi connectivity index (χ0n) is 9.48. The van der Waals surface area contributed by atoms with Gasteiger partial charge in [-0.05, 0) is 13.8 Å². The van der Waals surface area contributed by atoms with Crippen LogP contribution in [0.3, 0.4) is 0 Å². The number of hydrogen-bond acceptors (Lipinski definition) is 4. The van der Waals surface area contributed by atoms with E-state index in [4.69, 9.17) is 35.1 Å². The van der Waals surface area contributed by atoms with Crippen molar-refractivity contribution >= 4 is 22.8 Å². The highest BCUT2D eigenvalue weighted by molar-refractivity contribution is 7.60. The largest absolute Gasteiger partial charge is 0.347 e. The van der Waals surface area contributed by atoms with E-state index < -0.39 is 39.4 Å². The summed E-state index contributed by atoms with van der Waals surface area (Å²) in [4.78, 5) is 53.9. The van der Waals surface area contributed by atoms with Gasteiger partial charge in [-0.2, -0.15) is 0 Å². The van der Waals surface area contributed by atoms with Gasteiger partial charge < -0.3 is 35.1 Å². The minimum atomic E-state index is -5.40. The topological polar surface area (TPSA) is 199 Å². The molecular weight excluding hydrogens is 311 g/mol. The molecule has 0 spiro atoms. The number of rotatable bonds is 5. The van der Waals surface area contributed by atoms with Crippen molar-refractivity contribution in [2.45, 2.75) is 30.4 Å². The Bertz CT molecular complexity index is 417. The molecule has 0 bridgehead atoms. The fourth-order valence-electron chi connectivity index (χ4n) is 1.37. The van der Waals surface area contributed by atoms with Crippen LogP contribution in [0, 0.1) is 0 Å². The lowest BCUT2D eigenvalue weighted by molar-refractivity contribution is 0.277. The molecule has 0 aromatic rings. The van der Waals surface area contributed by atoms with Crippen LogP contribution in [-0.2, 0) is 13.7 Å². The predicted octanol–water partition coefficient (Wildman–Crippen LogP) is -1.05. The van der Waals surface area contributed by atoms with Crippen LogP contribution in [-0.4, -0.2) is 46.0 Å². The average Bonchev–Trinajstić information content (AvgIpc) is 2.09. The second kappa shape index (κ2) is 5.07. The molecule has 0 rings (SSSR count). The molecule has 0 fully saturated rings. The van der Waals surface area contributed by atoms with Gasteiger partial charge in [0.1, 0.15) is 5.28 Å². The van der Waals surface area contributed by atoms with Crippen molar-refractivity contribution in [1.82, 2.24) is 0 Å². The third-order valence-corrected chi connectivity index (χ3v) is 7.92. The van der Waals surface area contributed by atoms with Crippen molar-refractivity contribution in [2.24, 2.45) is 5.73 Å². The molecule has 0 aliphatic carbocycles. The molecule has 2 atom stereocenters. The Morgan fingerprint density at radius 3 is 1.17 bits per heavy atom. The quantitative estimate of drug-likeness (QED) is 0.306. The van der Waals surface area contributed by atoms with Crippen LogP contribution in [0.15, 0.2) is 0 Å². The molecule has 10 nitrogen and oxygen atoms in total. The van der Waals surface area contributed by atoms with Gasteiger partial charge in [-0.1, -0.05) is 0 Å². The van der Waals surface area contributed by atoms with Gasteiger partial charge in [0, 0.05) is 0 Å². The zero-order chi connectivity index (χ0) is 15.2. The van der Waals surface area contributed by atoms with Crippen LogP contribution < -0.4 is 5.73 Å². The molecule has 110 valence electrons. The van der Waals surface area contributed by atoms with E-state index in [1.165, 1.54) is 0 Å². The molecule has 0 amide bonds. The van der Waals surface area contributed by atoms with E-state index in [0.29, 0.717) is 0 Å². The molecular formula is C5H16NO9P3. The van der Waals surface area contributed by atoms with Gasteiger partial charge in [0.2, 0.25) is 0 Å². The summed E-state index contributed by atoms with van der Waals surface area (Å²) in [6.45, 7) is 1.46. The van der Waals surface area contributed by atoms with E-state index in [0.717, 1.165) is 13.8 Å². The number of hydrogen-bond donors (Lipinski definition) is 7. The van der Waals surface area contributed by atoms with Gasteiger partial charge in [0.05, 0.1) is 11.3 Å². The minimum Gasteiger partial charge on any atom is -0.324 e. The Kier molecular flexibility index (Phi) is 5.19. The molecule has 0 aliphatic heterocycles. The van der Waals surface area contributed by atoms with Crippen molar-refractivity contribution in [3.63, 3.8) is 0 Å². The SMILES string of the molecule is CC(C(N)(C(C)P(=O)(O)O)P(=O)(O)O)P(=O)(O)O. The van der Waals surface area contributed by atoms with Gasteiger partial charge in [-0.3, -0.25) is 13.7 Å². The summed E-state index contributed by atoms with van der Waals surface area (Å²) < 4.78 is 33.5. The van der Waals surface area contributed by atoms with E-state index in [2.05, 4.69) is 0 Å². The standard InChI is InChI=1S/C5H16NO9P3/c1-3(16(7,8)9)5(6,18(13,14)15)4(2)17(10,11)12/h3-4H,6H2,1-2H3,(H2,7,8,9)(H2,10,11,12)(H2,13,14,15). The number of nitrogens with two attached hydrogens (primary N) is 1. The summed E-state index contributed by atoms with van der Waals surface area (Å²) in [5.74, 6) is 0. The normalized spacial score (nSPS) is 21.2. The third kappa shape index (κ3) is 3.49. The summed E-state index contributed by atoms with van der Waals surface area (Å²) in [6.07, 6.45) is 0. The van der Waals surface area contributed by atoms with Crippen molar-refractivity contribution in [3.8, 4) is 0 Å². The Morgan fingerprint density at radius 2 is 1.06 bits per heavy atom. The van der Waals surface area contributed by atoms with E-state index in [1.807, 2.05) is 0 Å². The molecule has 0 aliphatic rings. The van der Waals surface area contributed by atoms with Crippen molar-refractivity contribution in [1.29, 1.82) is 0 Å². The zero-order valence-corrected chi connectivity index (χ0v) is 12.2. The summed E-state index contributed by atoms with van der Waals surface area (Å²) in [5, 5.41) is -3.04. The van der Waals surface area contributed by atoms with E-state index >= 15 is 0 Å². The van der Waals surface area contributed by atoms with Crippen molar-refractivity contribution < 1.29 is 43.1 Å². The highest BCUT2D eigenvalue weighted by atomic mass is 31.2. The van der Waals surface area contributed by atoms with Crippen LogP contribution in [0.4, 0.5) is 0 Å². The Labute approximate surface area is 103 Å². The minimum absolute atomic E-state index is 0.728. The maximum Gasteiger partial charge on any atom is 0.347 e. The second-order valence-electron chi connectivity index (χ2n) is 3.96. The van der Waals surface area contributed by atoms with Gasteiger partial charge in [-0.25, -0.2) is 0 Å². The molecule has 0 radical (unpaired) electrons.